The third kappa shape index (κ3) is 3.03. The summed E-state index contributed by atoms with van der Waals surface area (Å²) in [6.07, 6.45) is 0.261. The number of benzene rings is 1. The van der Waals surface area contributed by atoms with Crippen LogP contribution in [0.4, 0.5) is 11.4 Å². The molecule has 1 aromatic rings. The molecule has 6 heteroatoms. The number of nitro groups is 1. The first kappa shape index (κ1) is 12.1. The maximum atomic E-state index is 10.9. The zero-order chi connectivity index (χ0) is 12.1. The van der Waals surface area contributed by atoms with Gasteiger partial charge in [-0.15, -0.1) is 0 Å². The first-order chi connectivity index (χ1) is 7.54. The molecule has 0 atom stereocenters. The SMILES string of the molecule is CC(=O)Nc1ccc([N+](=O)[O-])cc1CCO. The molecule has 1 aromatic carbocycles. The van der Waals surface area contributed by atoms with E-state index >= 15 is 0 Å². The molecule has 0 aromatic heterocycles. The van der Waals surface area contributed by atoms with Crippen molar-refractivity contribution in [3.05, 3.63) is 33.9 Å². The van der Waals surface area contributed by atoms with Crippen LogP contribution in [0.1, 0.15) is 12.5 Å². The zero-order valence-corrected chi connectivity index (χ0v) is 8.77. The Labute approximate surface area is 92.0 Å². The number of carbonyl (C=O) groups is 1. The number of aliphatic hydroxyl groups is 1. The summed E-state index contributed by atoms with van der Waals surface area (Å²) in [6.45, 7) is 1.22. The first-order valence-electron chi connectivity index (χ1n) is 4.70. The highest BCUT2D eigenvalue weighted by Crippen LogP contribution is 2.22. The predicted octanol–water partition coefficient (Wildman–Crippen LogP) is 1.09. The Morgan fingerprint density at radius 1 is 1.56 bits per heavy atom. The van der Waals surface area contributed by atoms with Crippen LogP contribution >= 0.6 is 0 Å². The Hall–Kier alpha value is -1.95. The highest BCUT2D eigenvalue weighted by atomic mass is 16.6. The molecule has 0 radical (unpaired) electrons. The number of anilines is 1. The van der Waals surface area contributed by atoms with E-state index in [1.54, 1.807) is 0 Å². The molecule has 0 heterocycles. The Kier molecular flexibility index (Phi) is 3.96. The van der Waals surface area contributed by atoms with Crippen molar-refractivity contribution in [2.75, 3.05) is 11.9 Å². The molecule has 0 saturated carbocycles. The molecule has 86 valence electrons. The van der Waals surface area contributed by atoms with Gasteiger partial charge in [0.25, 0.3) is 5.69 Å². The smallest absolute Gasteiger partial charge is 0.269 e. The van der Waals surface area contributed by atoms with Crippen LogP contribution in [-0.4, -0.2) is 22.5 Å². The Bertz CT molecular complexity index is 417. The van der Waals surface area contributed by atoms with Gasteiger partial charge in [0.15, 0.2) is 0 Å². The summed E-state index contributed by atoms with van der Waals surface area (Å²) >= 11 is 0. The minimum absolute atomic E-state index is 0.0578. The minimum atomic E-state index is -0.515. The first-order valence-corrected chi connectivity index (χ1v) is 4.70. The van der Waals surface area contributed by atoms with Gasteiger partial charge in [-0.25, -0.2) is 0 Å². The normalized spacial score (nSPS) is 9.88. The van der Waals surface area contributed by atoms with Gasteiger partial charge in [-0.2, -0.15) is 0 Å². The van der Waals surface area contributed by atoms with Crippen LogP contribution in [-0.2, 0) is 11.2 Å². The molecule has 0 bridgehead atoms. The topological polar surface area (TPSA) is 92.5 Å². The Morgan fingerprint density at radius 3 is 2.75 bits per heavy atom. The van der Waals surface area contributed by atoms with Crippen LogP contribution in [0.3, 0.4) is 0 Å². The van der Waals surface area contributed by atoms with Crippen LogP contribution in [0, 0.1) is 10.1 Å². The van der Waals surface area contributed by atoms with E-state index < -0.39 is 4.92 Å². The summed E-state index contributed by atoms with van der Waals surface area (Å²) in [4.78, 5) is 20.9. The van der Waals surface area contributed by atoms with Gasteiger partial charge in [-0.1, -0.05) is 0 Å². The van der Waals surface area contributed by atoms with E-state index in [1.807, 2.05) is 0 Å². The molecule has 1 amide bonds. The van der Waals surface area contributed by atoms with Gasteiger partial charge in [-0.05, 0) is 18.1 Å². The van der Waals surface area contributed by atoms with Crippen molar-refractivity contribution in [2.45, 2.75) is 13.3 Å². The summed E-state index contributed by atoms with van der Waals surface area (Å²) in [6, 6.07) is 4.12. The van der Waals surface area contributed by atoms with E-state index in [-0.39, 0.29) is 24.6 Å². The number of nitrogens with one attached hydrogen (secondary N) is 1. The molecule has 0 fully saturated rings. The number of rotatable bonds is 4. The van der Waals surface area contributed by atoms with Gasteiger partial charge in [0.2, 0.25) is 5.91 Å². The number of hydrogen-bond donors (Lipinski definition) is 2. The van der Waals surface area contributed by atoms with E-state index in [0.717, 1.165) is 0 Å². The highest BCUT2D eigenvalue weighted by molar-refractivity contribution is 5.89. The van der Waals surface area contributed by atoms with Gasteiger partial charge in [0.1, 0.15) is 0 Å². The van der Waals surface area contributed by atoms with E-state index in [4.69, 9.17) is 5.11 Å². The van der Waals surface area contributed by atoms with Gasteiger partial charge in [0, 0.05) is 31.4 Å². The van der Waals surface area contributed by atoms with E-state index in [9.17, 15) is 14.9 Å². The molecule has 0 aliphatic carbocycles. The number of nitro benzene ring substituents is 1. The molecule has 0 aliphatic heterocycles. The third-order valence-corrected chi connectivity index (χ3v) is 1.99. The number of carbonyl (C=O) groups excluding carboxylic acids is 1. The number of non-ortho nitro benzene ring substituents is 1. The molecule has 0 spiro atoms. The molecule has 6 nitrogen and oxygen atoms in total. The second-order valence-electron chi connectivity index (χ2n) is 3.25. The molecule has 2 N–H and O–H groups in total. The summed E-state index contributed by atoms with van der Waals surface area (Å²) < 4.78 is 0. The summed E-state index contributed by atoms with van der Waals surface area (Å²) in [5.74, 6) is -0.256. The quantitative estimate of drug-likeness (QED) is 0.591. The number of amides is 1. The number of nitrogens with zero attached hydrogens (tertiary/aromatic N) is 1. The summed E-state index contributed by atoms with van der Waals surface area (Å²) in [7, 11) is 0. The monoisotopic (exact) mass is 224 g/mol. The number of hydrogen-bond acceptors (Lipinski definition) is 4. The molecule has 0 saturated heterocycles. The van der Waals surface area contributed by atoms with Crippen LogP contribution in [0.2, 0.25) is 0 Å². The average molecular weight is 224 g/mol. The largest absolute Gasteiger partial charge is 0.396 e. The lowest BCUT2D eigenvalue weighted by atomic mass is 10.1. The van der Waals surface area contributed by atoms with Gasteiger partial charge in [0.05, 0.1) is 4.92 Å². The van der Waals surface area contributed by atoms with Crippen LogP contribution in [0.5, 0.6) is 0 Å². The lowest BCUT2D eigenvalue weighted by molar-refractivity contribution is -0.384. The average Bonchev–Trinajstić information content (AvgIpc) is 2.20. The van der Waals surface area contributed by atoms with Crippen molar-refractivity contribution in [3.63, 3.8) is 0 Å². The summed E-state index contributed by atoms with van der Waals surface area (Å²) in [5.41, 5.74) is 0.983. The van der Waals surface area contributed by atoms with Crippen molar-refractivity contribution in [1.29, 1.82) is 0 Å². The zero-order valence-electron chi connectivity index (χ0n) is 8.77. The van der Waals surface area contributed by atoms with Crippen LogP contribution in [0.25, 0.3) is 0 Å². The van der Waals surface area contributed by atoms with Gasteiger partial charge >= 0.3 is 0 Å². The van der Waals surface area contributed by atoms with Crippen molar-refractivity contribution in [2.24, 2.45) is 0 Å². The third-order valence-electron chi connectivity index (χ3n) is 1.99. The minimum Gasteiger partial charge on any atom is -0.396 e. The lowest BCUT2D eigenvalue weighted by Gasteiger charge is -2.08. The molecular weight excluding hydrogens is 212 g/mol. The fraction of sp³-hybridized carbons (Fsp3) is 0.300. The highest BCUT2D eigenvalue weighted by Gasteiger charge is 2.11. The van der Waals surface area contributed by atoms with E-state index in [0.29, 0.717) is 11.3 Å². The Balaban J connectivity index is 3.08. The van der Waals surface area contributed by atoms with E-state index in [1.165, 1.54) is 25.1 Å². The lowest BCUT2D eigenvalue weighted by Crippen LogP contribution is -2.09. The second kappa shape index (κ2) is 5.22. The molecule has 0 unspecified atom stereocenters. The molecule has 0 aliphatic rings. The Morgan fingerprint density at radius 2 is 2.25 bits per heavy atom. The maximum Gasteiger partial charge on any atom is 0.269 e. The van der Waals surface area contributed by atoms with Crippen LogP contribution in [0.15, 0.2) is 18.2 Å². The van der Waals surface area contributed by atoms with Crippen molar-refractivity contribution in [1.82, 2.24) is 0 Å². The van der Waals surface area contributed by atoms with Gasteiger partial charge in [-0.3, -0.25) is 14.9 Å². The van der Waals surface area contributed by atoms with E-state index in [2.05, 4.69) is 5.32 Å². The fourth-order valence-corrected chi connectivity index (χ4v) is 1.33. The maximum absolute atomic E-state index is 10.9. The number of aliphatic hydroxyl groups excluding tert-OH is 1. The van der Waals surface area contributed by atoms with Crippen molar-refractivity contribution >= 4 is 17.3 Å². The molecule has 1 rings (SSSR count). The van der Waals surface area contributed by atoms with Gasteiger partial charge < -0.3 is 10.4 Å². The fourth-order valence-electron chi connectivity index (χ4n) is 1.33. The van der Waals surface area contributed by atoms with Crippen molar-refractivity contribution < 1.29 is 14.8 Å². The standard InChI is InChI=1S/C10H12N2O4/c1-7(14)11-10-3-2-9(12(15)16)6-8(10)4-5-13/h2-3,6,13H,4-5H2,1H3,(H,11,14). The molecular formula is C10H12N2O4. The van der Waals surface area contributed by atoms with Crippen molar-refractivity contribution in [3.8, 4) is 0 Å². The van der Waals surface area contributed by atoms with Crippen LogP contribution < -0.4 is 5.32 Å². The molecule has 16 heavy (non-hydrogen) atoms. The second-order valence-corrected chi connectivity index (χ2v) is 3.25. The summed E-state index contributed by atoms with van der Waals surface area (Å²) in [5, 5.41) is 21.9. The predicted molar refractivity (Wildman–Crippen MR) is 58.2 cm³/mol.